The number of benzene rings is 2. The molecule has 0 bridgehead atoms. The summed E-state index contributed by atoms with van der Waals surface area (Å²) in [6.45, 7) is 0. The summed E-state index contributed by atoms with van der Waals surface area (Å²) in [7, 11) is 0. The van der Waals surface area contributed by atoms with Gasteiger partial charge in [0.15, 0.2) is 0 Å². The average Bonchev–Trinajstić information content (AvgIpc) is 2.28. The summed E-state index contributed by atoms with van der Waals surface area (Å²) in [6, 6.07) is 10.2. The molecule has 0 fully saturated rings. The summed E-state index contributed by atoms with van der Waals surface area (Å²) in [5.41, 5.74) is 6.83. The summed E-state index contributed by atoms with van der Waals surface area (Å²) >= 11 is 5.69. The number of anilines is 2. The van der Waals surface area contributed by atoms with Crippen molar-refractivity contribution in [3.05, 3.63) is 58.9 Å². The number of halogens is 2. The van der Waals surface area contributed by atoms with Crippen LogP contribution in [0.15, 0.2) is 42.5 Å². The highest BCUT2D eigenvalue weighted by molar-refractivity contribution is 6.31. The molecule has 0 unspecified atom stereocenters. The van der Waals surface area contributed by atoms with Crippen molar-refractivity contribution < 1.29 is 9.18 Å². The van der Waals surface area contributed by atoms with E-state index in [4.69, 9.17) is 17.3 Å². The van der Waals surface area contributed by atoms with Crippen LogP contribution in [0.2, 0.25) is 5.02 Å². The zero-order chi connectivity index (χ0) is 13.1. The maximum atomic E-state index is 13.1. The third-order valence-corrected chi connectivity index (χ3v) is 2.51. The highest BCUT2D eigenvalue weighted by atomic mass is 35.5. The van der Waals surface area contributed by atoms with Gasteiger partial charge in [0.2, 0.25) is 0 Å². The molecule has 3 nitrogen and oxygen atoms in total. The van der Waals surface area contributed by atoms with Gasteiger partial charge in [0, 0.05) is 22.0 Å². The third kappa shape index (κ3) is 2.99. The van der Waals surface area contributed by atoms with Crippen LogP contribution in [0, 0.1) is 5.82 Å². The van der Waals surface area contributed by atoms with E-state index < -0.39 is 5.82 Å². The number of nitrogens with one attached hydrogen (secondary N) is 1. The van der Waals surface area contributed by atoms with Crippen molar-refractivity contribution in [2.45, 2.75) is 0 Å². The highest BCUT2D eigenvalue weighted by Gasteiger charge is 2.07. The minimum atomic E-state index is -0.505. The van der Waals surface area contributed by atoms with Crippen molar-refractivity contribution in [3.8, 4) is 0 Å². The number of hydrogen-bond acceptors (Lipinski definition) is 2. The lowest BCUT2D eigenvalue weighted by atomic mass is 10.2. The summed E-state index contributed by atoms with van der Waals surface area (Å²) < 4.78 is 13.1. The molecule has 18 heavy (non-hydrogen) atoms. The topological polar surface area (TPSA) is 55.1 Å². The maximum absolute atomic E-state index is 13.1. The van der Waals surface area contributed by atoms with Crippen LogP contribution in [0.5, 0.6) is 0 Å². The standard InChI is InChI=1S/C13H10ClFN2O/c14-9-5-10(15)7-12(6-9)17-13(18)8-1-3-11(16)4-2-8/h1-7H,16H2,(H,17,18). The normalized spacial score (nSPS) is 10.1. The van der Waals surface area contributed by atoms with E-state index in [0.29, 0.717) is 16.9 Å². The van der Waals surface area contributed by atoms with Crippen LogP contribution in [0.25, 0.3) is 0 Å². The van der Waals surface area contributed by atoms with E-state index in [0.717, 1.165) is 0 Å². The van der Waals surface area contributed by atoms with Crippen LogP contribution in [-0.2, 0) is 0 Å². The van der Waals surface area contributed by atoms with E-state index in [9.17, 15) is 9.18 Å². The van der Waals surface area contributed by atoms with Crippen molar-refractivity contribution in [3.63, 3.8) is 0 Å². The zero-order valence-corrected chi connectivity index (χ0v) is 10.0. The van der Waals surface area contributed by atoms with E-state index in [1.807, 2.05) is 0 Å². The molecular weight excluding hydrogens is 255 g/mol. The molecule has 0 aliphatic heterocycles. The Morgan fingerprint density at radius 2 is 1.83 bits per heavy atom. The first-order chi connectivity index (χ1) is 8.54. The Bertz CT molecular complexity index is 564. The van der Waals surface area contributed by atoms with Gasteiger partial charge in [0.25, 0.3) is 5.91 Å². The van der Waals surface area contributed by atoms with Gasteiger partial charge >= 0.3 is 0 Å². The minimum Gasteiger partial charge on any atom is -0.399 e. The minimum absolute atomic E-state index is 0.225. The van der Waals surface area contributed by atoms with Crippen LogP contribution in [-0.4, -0.2) is 5.91 Å². The molecule has 0 radical (unpaired) electrons. The van der Waals surface area contributed by atoms with Crippen molar-refractivity contribution >= 4 is 28.9 Å². The van der Waals surface area contributed by atoms with E-state index >= 15 is 0 Å². The van der Waals surface area contributed by atoms with E-state index in [1.165, 1.54) is 18.2 Å². The molecule has 3 N–H and O–H groups in total. The van der Waals surface area contributed by atoms with Crippen LogP contribution >= 0.6 is 11.6 Å². The predicted molar refractivity (Wildman–Crippen MR) is 70.2 cm³/mol. The van der Waals surface area contributed by atoms with Crippen molar-refractivity contribution in [2.75, 3.05) is 11.1 Å². The molecule has 0 aliphatic carbocycles. The number of rotatable bonds is 2. The van der Waals surface area contributed by atoms with Crippen LogP contribution in [0.3, 0.4) is 0 Å². The summed E-state index contributed by atoms with van der Waals surface area (Å²) in [5.74, 6) is -0.855. The van der Waals surface area contributed by atoms with E-state index in [1.54, 1.807) is 24.3 Å². The quantitative estimate of drug-likeness (QED) is 0.818. The molecule has 0 aliphatic rings. The van der Waals surface area contributed by atoms with Gasteiger partial charge in [-0.2, -0.15) is 0 Å². The number of hydrogen-bond donors (Lipinski definition) is 2. The number of nitrogen functional groups attached to an aromatic ring is 1. The molecule has 0 saturated heterocycles. The Labute approximate surface area is 108 Å². The molecule has 0 atom stereocenters. The number of carbonyl (C=O) groups is 1. The van der Waals surface area contributed by atoms with Gasteiger partial charge < -0.3 is 11.1 Å². The Balaban J connectivity index is 2.18. The lowest BCUT2D eigenvalue weighted by molar-refractivity contribution is 0.102. The molecule has 0 spiro atoms. The monoisotopic (exact) mass is 264 g/mol. The fourth-order valence-electron chi connectivity index (χ4n) is 1.46. The van der Waals surface area contributed by atoms with Crippen LogP contribution < -0.4 is 11.1 Å². The van der Waals surface area contributed by atoms with Gasteiger partial charge in [-0.15, -0.1) is 0 Å². The van der Waals surface area contributed by atoms with Gasteiger partial charge in [-0.1, -0.05) is 11.6 Å². The average molecular weight is 265 g/mol. The van der Waals surface area contributed by atoms with Gasteiger partial charge in [-0.05, 0) is 42.5 Å². The molecule has 2 aromatic rings. The van der Waals surface area contributed by atoms with Crippen molar-refractivity contribution in [2.24, 2.45) is 0 Å². The zero-order valence-electron chi connectivity index (χ0n) is 9.28. The Morgan fingerprint density at radius 3 is 2.44 bits per heavy atom. The molecule has 5 heteroatoms. The second-order valence-electron chi connectivity index (χ2n) is 3.73. The number of nitrogens with two attached hydrogens (primary N) is 1. The van der Waals surface area contributed by atoms with Gasteiger partial charge in [-0.3, -0.25) is 4.79 Å². The van der Waals surface area contributed by atoms with Gasteiger partial charge in [0.1, 0.15) is 5.82 Å². The lowest BCUT2D eigenvalue weighted by Gasteiger charge is -2.06. The molecule has 92 valence electrons. The molecule has 0 heterocycles. The first-order valence-corrected chi connectivity index (χ1v) is 5.55. The second-order valence-corrected chi connectivity index (χ2v) is 4.17. The molecule has 0 aromatic heterocycles. The largest absolute Gasteiger partial charge is 0.399 e. The fraction of sp³-hybridized carbons (Fsp3) is 0. The molecular formula is C13H10ClFN2O. The SMILES string of the molecule is Nc1ccc(C(=O)Nc2cc(F)cc(Cl)c2)cc1. The Morgan fingerprint density at radius 1 is 1.17 bits per heavy atom. The van der Waals surface area contributed by atoms with Gasteiger partial charge in [-0.25, -0.2) is 4.39 Å². The first-order valence-electron chi connectivity index (χ1n) is 5.17. The Kier molecular flexibility index (Phi) is 3.48. The third-order valence-electron chi connectivity index (χ3n) is 2.29. The summed E-state index contributed by atoms with van der Waals surface area (Å²) in [6.07, 6.45) is 0. The molecule has 0 saturated carbocycles. The first kappa shape index (κ1) is 12.4. The van der Waals surface area contributed by atoms with Crippen molar-refractivity contribution in [1.29, 1.82) is 0 Å². The summed E-state index contributed by atoms with van der Waals surface area (Å²) in [4.78, 5) is 11.8. The maximum Gasteiger partial charge on any atom is 0.255 e. The molecule has 1 amide bonds. The Hall–Kier alpha value is -2.07. The lowest BCUT2D eigenvalue weighted by Crippen LogP contribution is -2.11. The highest BCUT2D eigenvalue weighted by Crippen LogP contribution is 2.19. The van der Waals surface area contributed by atoms with E-state index in [-0.39, 0.29) is 10.9 Å². The van der Waals surface area contributed by atoms with Crippen molar-refractivity contribution in [1.82, 2.24) is 0 Å². The van der Waals surface area contributed by atoms with E-state index in [2.05, 4.69) is 5.32 Å². The predicted octanol–water partition coefficient (Wildman–Crippen LogP) is 3.31. The molecule has 2 aromatic carbocycles. The number of amides is 1. The molecule has 2 rings (SSSR count). The smallest absolute Gasteiger partial charge is 0.255 e. The number of carbonyl (C=O) groups excluding carboxylic acids is 1. The van der Waals surface area contributed by atoms with Crippen LogP contribution in [0.4, 0.5) is 15.8 Å². The fourth-order valence-corrected chi connectivity index (χ4v) is 1.69. The second kappa shape index (κ2) is 5.06. The summed E-state index contributed by atoms with van der Waals surface area (Å²) in [5, 5.41) is 2.78. The van der Waals surface area contributed by atoms with Crippen LogP contribution in [0.1, 0.15) is 10.4 Å². The van der Waals surface area contributed by atoms with Gasteiger partial charge in [0.05, 0.1) is 0 Å².